The first kappa shape index (κ1) is 16.2. The second-order valence-electron chi connectivity index (χ2n) is 4.78. The van der Waals surface area contributed by atoms with Gasteiger partial charge in [0.25, 0.3) is 5.91 Å². The SMILES string of the molecule is CS(=O)(=O)c1nnc(CCCCCNC(=O)c2ccco2)o1. The summed E-state index contributed by atoms with van der Waals surface area (Å²) in [6.45, 7) is 0.540. The highest BCUT2D eigenvalue weighted by Gasteiger charge is 2.16. The molecule has 1 amide bonds. The van der Waals surface area contributed by atoms with Crippen molar-refractivity contribution in [1.82, 2.24) is 15.5 Å². The first-order valence-corrected chi connectivity index (χ1v) is 8.70. The molecule has 2 heterocycles. The summed E-state index contributed by atoms with van der Waals surface area (Å²) in [7, 11) is -3.45. The van der Waals surface area contributed by atoms with Crippen molar-refractivity contribution in [3.8, 4) is 0 Å². The molecule has 0 fully saturated rings. The van der Waals surface area contributed by atoms with Gasteiger partial charge >= 0.3 is 5.22 Å². The number of amides is 1. The van der Waals surface area contributed by atoms with E-state index in [9.17, 15) is 13.2 Å². The maximum Gasteiger partial charge on any atom is 0.335 e. The molecule has 1 N–H and O–H groups in total. The highest BCUT2D eigenvalue weighted by Crippen LogP contribution is 2.09. The fraction of sp³-hybridized carbons (Fsp3) is 0.462. The summed E-state index contributed by atoms with van der Waals surface area (Å²) in [5.74, 6) is 0.360. The van der Waals surface area contributed by atoms with Crippen LogP contribution in [0.3, 0.4) is 0 Å². The Morgan fingerprint density at radius 2 is 2.09 bits per heavy atom. The molecular formula is C13H17N3O5S. The molecule has 0 saturated carbocycles. The molecule has 2 aromatic heterocycles. The molecule has 2 aromatic rings. The molecule has 0 aliphatic rings. The maximum absolute atomic E-state index is 11.6. The van der Waals surface area contributed by atoms with Gasteiger partial charge in [-0.2, -0.15) is 0 Å². The van der Waals surface area contributed by atoms with Crippen molar-refractivity contribution >= 4 is 15.7 Å². The van der Waals surface area contributed by atoms with Crippen molar-refractivity contribution in [2.75, 3.05) is 12.8 Å². The first-order chi connectivity index (χ1) is 10.5. The summed E-state index contributed by atoms with van der Waals surface area (Å²) in [6, 6.07) is 3.26. The van der Waals surface area contributed by atoms with E-state index in [1.54, 1.807) is 12.1 Å². The Labute approximate surface area is 127 Å². The zero-order valence-corrected chi connectivity index (χ0v) is 12.9. The van der Waals surface area contributed by atoms with Crippen LogP contribution in [0.5, 0.6) is 0 Å². The minimum absolute atomic E-state index is 0.236. The van der Waals surface area contributed by atoms with Gasteiger partial charge in [0.15, 0.2) is 5.76 Å². The number of aromatic nitrogens is 2. The number of carbonyl (C=O) groups excluding carboxylic acids is 1. The van der Waals surface area contributed by atoms with Gasteiger partial charge < -0.3 is 14.2 Å². The van der Waals surface area contributed by atoms with E-state index >= 15 is 0 Å². The second-order valence-corrected chi connectivity index (χ2v) is 6.67. The summed E-state index contributed by atoms with van der Waals surface area (Å²) in [5, 5.41) is 9.56. The van der Waals surface area contributed by atoms with Gasteiger partial charge in [0.1, 0.15) is 0 Å². The molecule has 8 nitrogen and oxygen atoms in total. The molecule has 0 spiro atoms. The zero-order chi connectivity index (χ0) is 16.0. The van der Waals surface area contributed by atoms with Crippen molar-refractivity contribution in [3.05, 3.63) is 30.0 Å². The van der Waals surface area contributed by atoms with Crippen LogP contribution in [0.15, 0.2) is 32.5 Å². The number of nitrogens with zero attached hydrogens (tertiary/aromatic N) is 2. The lowest BCUT2D eigenvalue weighted by Crippen LogP contribution is -2.23. The Balaban J connectivity index is 1.61. The Hall–Kier alpha value is -2.16. The molecule has 0 bridgehead atoms. The standard InChI is InChI=1S/C13H17N3O5S/c1-22(18,19)13-16-15-11(21-13)7-3-2-4-8-14-12(17)10-6-5-9-20-10/h5-6,9H,2-4,7-8H2,1H3,(H,14,17). The third-order valence-electron chi connectivity index (χ3n) is 2.86. The fourth-order valence-electron chi connectivity index (χ4n) is 1.76. The minimum Gasteiger partial charge on any atom is -0.459 e. The molecule has 0 atom stereocenters. The summed E-state index contributed by atoms with van der Waals surface area (Å²) >= 11 is 0. The lowest BCUT2D eigenvalue weighted by molar-refractivity contribution is 0.0925. The molecule has 0 aliphatic heterocycles. The number of aryl methyl sites for hydroxylation is 1. The smallest absolute Gasteiger partial charge is 0.335 e. The van der Waals surface area contributed by atoms with Crippen molar-refractivity contribution in [2.24, 2.45) is 0 Å². The Morgan fingerprint density at radius 1 is 1.27 bits per heavy atom. The van der Waals surface area contributed by atoms with Gasteiger partial charge in [-0.05, 0) is 25.0 Å². The molecule has 22 heavy (non-hydrogen) atoms. The average Bonchev–Trinajstić information content (AvgIpc) is 3.12. The molecule has 0 aromatic carbocycles. The fourth-order valence-corrected chi connectivity index (χ4v) is 2.20. The Morgan fingerprint density at radius 3 is 2.73 bits per heavy atom. The molecule has 0 radical (unpaired) electrons. The van der Waals surface area contributed by atoms with Crippen LogP contribution >= 0.6 is 0 Å². The van der Waals surface area contributed by atoms with E-state index in [0.717, 1.165) is 25.5 Å². The van der Waals surface area contributed by atoms with Gasteiger partial charge in [-0.3, -0.25) is 4.79 Å². The van der Waals surface area contributed by atoms with Crippen molar-refractivity contribution in [2.45, 2.75) is 30.9 Å². The number of nitrogens with one attached hydrogen (secondary N) is 1. The van der Waals surface area contributed by atoms with Crippen LogP contribution in [0, 0.1) is 0 Å². The van der Waals surface area contributed by atoms with Crippen LogP contribution in [0.4, 0.5) is 0 Å². The van der Waals surface area contributed by atoms with Gasteiger partial charge in [0, 0.05) is 19.2 Å². The lowest BCUT2D eigenvalue weighted by atomic mass is 10.2. The van der Waals surface area contributed by atoms with E-state index in [4.69, 9.17) is 8.83 Å². The minimum atomic E-state index is -3.45. The molecule has 2 rings (SSSR count). The summed E-state index contributed by atoms with van der Waals surface area (Å²) in [5.41, 5.74) is 0. The second kappa shape index (κ2) is 7.21. The summed E-state index contributed by atoms with van der Waals surface area (Å²) in [4.78, 5) is 11.6. The van der Waals surface area contributed by atoms with Gasteiger partial charge in [0.2, 0.25) is 15.7 Å². The quantitative estimate of drug-likeness (QED) is 0.724. The third kappa shape index (κ3) is 4.69. The predicted octanol–water partition coefficient (Wildman–Crippen LogP) is 1.21. The van der Waals surface area contributed by atoms with Crippen LogP contribution in [-0.2, 0) is 16.3 Å². The van der Waals surface area contributed by atoms with E-state index in [1.165, 1.54) is 6.26 Å². The zero-order valence-electron chi connectivity index (χ0n) is 12.1. The number of hydrogen-bond donors (Lipinski definition) is 1. The van der Waals surface area contributed by atoms with Crippen LogP contribution in [0.2, 0.25) is 0 Å². The first-order valence-electron chi connectivity index (χ1n) is 6.81. The highest BCUT2D eigenvalue weighted by atomic mass is 32.2. The number of rotatable bonds is 8. The van der Waals surface area contributed by atoms with Crippen LogP contribution in [0.1, 0.15) is 35.7 Å². The highest BCUT2D eigenvalue weighted by molar-refractivity contribution is 7.90. The van der Waals surface area contributed by atoms with Crippen molar-refractivity contribution < 1.29 is 22.0 Å². The van der Waals surface area contributed by atoms with Crippen molar-refractivity contribution in [3.63, 3.8) is 0 Å². The molecule has 9 heteroatoms. The number of unbranched alkanes of at least 4 members (excludes halogenated alkanes) is 2. The van der Waals surface area contributed by atoms with E-state index in [1.807, 2.05) is 0 Å². The van der Waals surface area contributed by atoms with Gasteiger partial charge in [0.05, 0.1) is 6.26 Å². The Kier molecular flexibility index (Phi) is 5.31. The monoisotopic (exact) mass is 327 g/mol. The molecule has 0 unspecified atom stereocenters. The van der Waals surface area contributed by atoms with Gasteiger partial charge in [-0.1, -0.05) is 11.5 Å². The molecular weight excluding hydrogens is 310 g/mol. The van der Waals surface area contributed by atoms with Crippen LogP contribution < -0.4 is 5.32 Å². The summed E-state index contributed by atoms with van der Waals surface area (Å²) in [6.07, 6.45) is 5.38. The van der Waals surface area contributed by atoms with E-state index < -0.39 is 9.84 Å². The predicted molar refractivity (Wildman–Crippen MR) is 76.0 cm³/mol. The van der Waals surface area contributed by atoms with E-state index in [2.05, 4.69) is 15.5 Å². The normalized spacial score (nSPS) is 11.5. The molecule has 120 valence electrons. The molecule has 0 aliphatic carbocycles. The maximum atomic E-state index is 11.6. The number of carbonyl (C=O) groups is 1. The largest absolute Gasteiger partial charge is 0.459 e. The average molecular weight is 327 g/mol. The number of hydrogen-bond acceptors (Lipinski definition) is 7. The van der Waals surface area contributed by atoms with E-state index in [0.29, 0.717) is 24.6 Å². The van der Waals surface area contributed by atoms with Crippen LogP contribution in [0.25, 0.3) is 0 Å². The van der Waals surface area contributed by atoms with Crippen molar-refractivity contribution in [1.29, 1.82) is 0 Å². The topological polar surface area (TPSA) is 115 Å². The Bertz CT molecular complexity index is 706. The lowest BCUT2D eigenvalue weighted by Gasteiger charge is -2.02. The van der Waals surface area contributed by atoms with Gasteiger partial charge in [-0.15, -0.1) is 5.10 Å². The number of sulfone groups is 1. The summed E-state index contributed by atoms with van der Waals surface area (Å²) < 4.78 is 32.4. The number of furan rings is 1. The van der Waals surface area contributed by atoms with Crippen LogP contribution in [-0.4, -0.2) is 37.3 Å². The molecule has 0 saturated heterocycles. The van der Waals surface area contributed by atoms with Gasteiger partial charge in [-0.25, -0.2) is 8.42 Å². The third-order valence-corrected chi connectivity index (χ3v) is 3.66. The van der Waals surface area contributed by atoms with E-state index in [-0.39, 0.29) is 11.1 Å².